The van der Waals surface area contributed by atoms with Crippen molar-refractivity contribution in [2.75, 3.05) is 20.8 Å². The summed E-state index contributed by atoms with van der Waals surface area (Å²) in [5.74, 6) is 1.73. The molecule has 0 amide bonds. The highest BCUT2D eigenvalue weighted by atomic mass is 35.5. The summed E-state index contributed by atoms with van der Waals surface area (Å²) in [7, 11) is 3.22. The number of nitrogens with zero attached hydrogens (tertiary/aromatic N) is 1. The van der Waals surface area contributed by atoms with Gasteiger partial charge in [-0.15, -0.1) is 0 Å². The summed E-state index contributed by atoms with van der Waals surface area (Å²) in [5.41, 5.74) is 12.6. The maximum atomic E-state index is 13.2. The minimum absolute atomic E-state index is 0.0796. The van der Waals surface area contributed by atoms with Gasteiger partial charge in [-0.2, -0.15) is 0 Å². The lowest BCUT2D eigenvalue weighted by Gasteiger charge is -2.42. The molecule has 0 bridgehead atoms. The zero-order valence-corrected chi connectivity index (χ0v) is 25.1. The maximum absolute atomic E-state index is 13.2. The van der Waals surface area contributed by atoms with Crippen LogP contribution in [0.4, 0.5) is 0 Å². The van der Waals surface area contributed by atoms with Crippen molar-refractivity contribution >= 4 is 17.6 Å². The van der Waals surface area contributed by atoms with E-state index in [1.165, 1.54) is 11.1 Å². The fraction of sp³-hybridized carbons (Fsp3) is 0.286. The van der Waals surface area contributed by atoms with Gasteiger partial charge in [0.15, 0.2) is 23.0 Å². The lowest BCUT2D eigenvalue weighted by Crippen LogP contribution is -2.40. The van der Waals surface area contributed by atoms with E-state index in [1.54, 1.807) is 20.3 Å². The van der Waals surface area contributed by atoms with Crippen LogP contribution in [0.15, 0.2) is 78.9 Å². The first-order valence-corrected chi connectivity index (χ1v) is 14.8. The molecular weight excluding hydrogens is 564 g/mol. The molecule has 2 heterocycles. The first-order chi connectivity index (χ1) is 20.9. The zero-order valence-electron chi connectivity index (χ0n) is 24.3. The van der Waals surface area contributed by atoms with Gasteiger partial charge in [0.1, 0.15) is 12.6 Å². The van der Waals surface area contributed by atoms with Crippen molar-refractivity contribution in [3.8, 4) is 23.0 Å². The number of methoxy groups -OCH3 is 2. The summed E-state index contributed by atoms with van der Waals surface area (Å²) < 4.78 is 23.6. The van der Waals surface area contributed by atoms with Gasteiger partial charge in [0.2, 0.25) is 0 Å². The van der Waals surface area contributed by atoms with Gasteiger partial charge in [-0.3, -0.25) is 4.90 Å². The van der Waals surface area contributed by atoms with Crippen molar-refractivity contribution in [2.24, 2.45) is 5.73 Å². The zero-order chi connectivity index (χ0) is 29.9. The van der Waals surface area contributed by atoms with Gasteiger partial charge in [0, 0.05) is 35.8 Å². The highest BCUT2D eigenvalue weighted by molar-refractivity contribution is 6.31. The Kier molecular flexibility index (Phi) is 8.56. The van der Waals surface area contributed by atoms with E-state index < -0.39 is 12.0 Å². The summed E-state index contributed by atoms with van der Waals surface area (Å²) in [6, 6.07) is 24.9. The summed E-state index contributed by atoms with van der Waals surface area (Å²) in [4.78, 5) is 15.6. The van der Waals surface area contributed by atoms with E-state index in [0.29, 0.717) is 48.3 Å². The van der Waals surface area contributed by atoms with E-state index >= 15 is 0 Å². The second-order valence-corrected chi connectivity index (χ2v) is 11.4. The number of halogens is 1. The molecule has 1 unspecified atom stereocenters. The number of rotatable bonds is 9. The highest BCUT2D eigenvalue weighted by Crippen LogP contribution is 2.48. The summed E-state index contributed by atoms with van der Waals surface area (Å²) in [5, 5.41) is 0.584. The molecule has 0 aromatic heterocycles. The molecule has 43 heavy (non-hydrogen) atoms. The van der Waals surface area contributed by atoms with Crippen LogP contribution in [-0.4, -0.2) is 37.7 Å². The molecule has 0 aliphatic carbocycles. The lowest BCUT2D eigenvalue weighted by molar-refractivity contribution is -0.136. The first kappa shape index (κ1) is 29.1. The third-order valence-corrected chi connectivity index (χ3v) is 8.66. The fourth-order valence-electron chi connectivity index (χ4n) is 6.07. The molecule has 7 nitrogen and oxygen atoms in total. The topological polar surface area (TPSA) is 83.2 Å². The Morgan fingerprint density at radius 1 is 0.930 bits per heavy atom. The molecule has 222 valence electrons. The molecule has 0 radical (unpaired) electrons. The summed E-state index contributed by atoms with van der Waals surface area (Å²) >= 11 is 6.85. The number of fused-ring (bicyclic) bond motifs is 4. The molecular formula is C35H35ClN2O5. The van der Waals surface area contributed by atoms with Crippen LogP contribution in [-0.2, 0) is 37.2 Å². The highest BCUT2D eigenvalue weighted by Gasteiger charge is 2.37. The molecule has 0 saturated heterocycles. The standard InChI is InChI=1S/C35H35ClN2O5/c1-40-31-16-24-13-14-38-20-27-26(17-30(38)25(24)18-32(31)42-21-23-11-7-4-8-12-23)28(36)19-33(41-2)34(27)43-35(39)29(37)15-22-9-5-3-6-10-22/h3-12,16,18-19,29-30H,13-15,17,20-21,37H2,1-2H3/t29-,30?/m0/s1. The molecule has 0 saturated carbocycles. The molecule has 2 aliphatic heterocycles. The minimum Gasteiger partial charge on any atom is -0.493 e. The van der Waals surface area contributed by atoms with Crippen LogP contribution in [0, 0.1) is 0 Å². The van der Waals surface area contributed by atoms with E-state index in [-0.39, 0.29) is 6.04 Å². The van der Waals surface area contributed by atoms with E-state index in [1.807, 2.05) is 60.7 Å². The average molecular weight is 599 g/mol. The van der Waals surface area contributed by atoms with Gasteiger partial charge in [-0.25, -0.2) is 4.79 Å². The van der Waals surface area contributed by atoms with Crippen LogP contribution >= 0.6 is 11.6 Å². The quantitative estimate of drug-likeness (QED) is 0.185. The van der Waals surface area contributed by atoms with Crippen LogP contribution in [0.5, 0.6) is 23.0 Å². The number of nitrogens with two attached hydrogens (primary N) is 1. The predicted octanol–water partition coefficient (Wildman–Crippen LogP) is 6.07. The first-order valence-electron chi connectivity index (χ1n) is 14.5. The lowest BCUT2D eigenvalue weighted by atomic mass is 9.83. The van der Waals surface area contributed by atoms with Crippen molar-refractivity contribution < 1.29 is 23.7 Å². The third-order valence-electron chi connectivity index (χ3n) is 8.32. The Bertz CT molecular complexity index is 1610. The van der Waals surface area contributed by atoms with Crippen LogP contribution in [0.1, 0.15) is 39.4 Å². The summed E-state index contributed by atoms with van der Waals surface area (Å²) in [6.45, 7) is 1.83. The smallest absolute Gasteiger partial charge is 0.328 e. The van der Waals surface area contributed by atoms with Gasteiger partial charge in [-0.05, 0) is 59.2 Å². The molecule has 4 aromatic rings. The number of hydrogen-bond acceptors (Lipinski definition) is 7. The van der Waals surface area contributed by atoms with E-state index in [4.69, 9.17) is 36.3 Å². The maximum Gasteiger partial charge on any atom is 0.328 e. The Hall–Kier alpha value is -4.04. The van der Waals surface area contributed by atoms with Crippen LogP contribution < -0.4 is 24.7 Å². The fourth-order valence-corrected chi connectivity index (χ4v) is 6.36. The van der Waals surface area contributed by atoms with Gasteiger partial charge in [0.05, 0.1) is 14.2 Å². The molecule has 8 heteroatoms. The molecule has 4 aromatic carbocycles. The molecule has 0 fully saturated rings. The Balaban J connectivity index is 1.29. The van der Waals surface area contributed by atoms with Crippen molar-refractivity contribution in [1.82, 2.24) is 4.90 Å². The minimum atomic E-state index is -0.819. The monoisotopic (exact) mass is 598 g/mol. The van der Waals surface area contributed by atoms with Gasteiger partial charge in [-0.1, -0.05) is 72.3 Å². The van der Waals surface area contributed by atoms with Crippen LogP contribution in [0.25, 0.3) is 0 Å². The van der Waals surface area contributed by atoms with E-state index in [0.717, 1.165) is 41.0 Å². The van der Waals surface area contributed by atoms with Gasteiger partial charge < -0.3 is 24.7 Å². The normalized spacial score (nSPS) is 16.3. The predicted molar refractivity (Wildman–Crippen MR) is 166 cm³/mol. The van der Waals surface area contributed by atoms with Crippen molar-refractivity contribution in [3.05, 3.63) is 117 Å². The molecule has 6 rings (SSSR count). The van der Waals surface area contributed by atoms with E-state index in [9.17, 15) is 4.79 Å². The summed E-state index contributed by atoms with van der Waals surface area (Å²) in [6.07, 6.45) is 1.88. The largest absolute Gasteiger partial charge is 0.493 e. The van der Waals surface area contributed by atoms with Crippen molar-refractivity contribution in [1.29, 1.82) is 0 Å². The number of ether oxygens (including phenoxy) is 4. The van der Waals surface area contributed by atoms with Crippen LogP contribution in [0.2, 0.25) is 5.02 Å². The number of carbonyl (C=O) groups excluding carboxylic acids is 1. The number of carbonyl (C=O) groups is 1. The Morgan fingerprint density at radius 3 is 2.33 bits per heavy atom. The SMILES string of the molecule is COc1cc2c(cc1OCc1ccccc1)C1Cc3c(Cl)cc(OC)c(OC(=O)[C@@H](N)Cc4ccccc4)c3CN1CC2. The third kappa shape index (κ3) is 6.07. The second-order valence-electron chi connectivity index (χ2n) is 11.0. The molecule has 2 aliphatic rings. The second kappa shape index (κ2) is 12.7. The van der Waals surface area contributed by atoms with Gasteiger partial charge in [0.25, 0.3) is 0 Å². The van der Waals surface area contributed by atoms with Crippen molar-refractivity contribution in [3.63, 3.8) is 0 Å². The molecule has 0 spiro atoms. The Labute approximate surface area is 257 Å². The number of esters is 1. The number of benzene rings is 4. The van der Waals surface area contributed by atoms with Crippen LogP contribution in [0.3, 0.4) is 0 Å². The molecule has 2 atom stereocenters. The van der Waals surface area contributed by atoms with Gasteiger partial charge >= 0.3 is 5.97 Å². The van der Waals surface area contributed by atoms with E-state index in [2.05, 4.69) is 17.0 Å². The van der Waals surface area contributed by atoms with Crippen molar-refractivity contribution in [2.45, 2.75) is 44.5 Å². The molecule has 2 N–H and O–H groups in total. The number of hydrogen-bond donors (Lipinski definition) is 1. The Morgan fingerprint density at radius 2 is 1.63 bits per heavy atom. The average Bonchev–Trinajstić information content (AvgIpc) is 3.04.